The molecule has 0 aliphatic carbocycles. The van der Waals surface area contributed by atoms with E-state index in [0.717, 1.165) is 70.9 Å². The molecule has 7 nitrogen and oxygen atoms in total. The lowest BCUT2D eigenvalue weighted by atomic mass is 10.1. The van der Waals surface area contributed by atoms with E-state index < -0.39 is 0 Å². The normalized spacial score (nSPS) is 17.0. The Bertz CT molecular complexity index is 475. The Hall–Kier alpha value is -1.89. The largest absolute Gasteiger partial charge is 0.357 e. The molecule has 1 aliphatic heterocycles. The third-order valence-electron chi connectivity index (χ3n) is 4.22. The zero-order chi connectivity index (χ0) is 17.0. The highest BCUT2D eigenvalue weighted by Crippen LogP contribution is 2.09. The molecule has 0 saturated carbocycles. The first-order valence-corrected chi connectivity index (χ1v) is 9.02. The molecular weight excluding hydrogens is 302 g/mol. The van der Waals surface area contributed by atoms with Gasteiger partial charge >= 0.3 is 0 Å². The van der Waals surface area contributed by atoms with Crippen LogP contribution >= 0.6 is 0 Å². The van der Waals surface area contributed by atoms with E-state index in [0.29, 0.717) is 6.04 Å². The van der Waals surface area contributed by atoms with Gasteiger partial charge in [-0.1, -0.05) is 6.08 Å². The van der Waals surface area contributed by atoms with Crippen LogP contribution in [0, 0.1) is 0 Å². The molecule has 2 rings (SSSR count). The van der Waals surface area contributed by atoms with Gasteiger partial charge in [-0.05, 0) is 32.6 Å². The summed E-state index contributed by atoms with van der Waals surface area (Å²) < 4.78 is 2.00. The van der Waals surface area contributed by atoms with Crippen LogP contribution in [0.5, 0.6) is 0 Å². The maximum absolute atomic E-state index is 4.71. The van der Waals surface area contributed by atoms with Crippen molar-refractivity contribution in [3.05, 3.63) is 25.3 Å². The van der Waals surface area contributed by atoms with Crippen LogP contribution in [-0.2, 0) is 6.54 Å². The van der Waals surface area contributed by atoms with Crippen LogP contribution in [0.4, 0.5) is 0 Å². The number of aliphatic imine (C=N–C) groups is 1. The molecule has 134 valence electrons. The second kappa shape index (κ2) is 10.8. The van der Waals surface area contributed by atoms with E-state index >= 15 is 0 Å². The number of piperidine rings is 1. The van der Waals surface area contributed by atoms with Gasteiger partial charge in [-0.25, -0.2) is 0 Å². The number of aromatic nitrogens is 3. The van der Waals surface area contributed by atoms with Gasteiger partial charge in [0.25, 0.3) is 0 Å². The zero-order valence-electron chi connectivity index (χ0n) is 14.8. The highest BCUT2D eigenvalue weighted by atomic mass is 15.2. The number of nitrogens with one attached hydrogen (secondary N) is 2. The lowest BCUT2D eigenvalue weighted by Gasteiger charge is -2.32. The minimum Gasteiger partial charge on any atom is -0.357 e. The predicted molar refractivity (Wildman–Crippen MR) is 98.0 cm³/mol. The fraction of sp³-hybridized carbons (Fsp3) is 0.706. The van der Waals surface area contributed by atoms with E-state index in [-0.39, 0.29) is 0 Å². The molecule has 2 heterocycles. The number of guanidine groups is 1. The number of rotatable bonds is 9. The van der Waals surface area contributed by atoms with E-state index in [1.54, 1.807) is 12.7 Å². The molecule has 0 bridgehead atoms. The molecule has 0 amide bonds. The summed E-state index contributed by atoms with van der Waals surface area (Å²) in [6.07, 6.45) is 9.96. The van der Waals surface area contributed by atoms with Crippen LogP contribution in [0.25, 0.3) is 0 Å². The average molecular weight is 333 g/mol. The summed E-state index contributed by atoms with van der Waals surface area (Å²) >= 11 is 0. The molecule has 1 fully saturated rings. The fourth-order valence-electron chi connectivity index (χ4n) is 2.89. The van der Waals surface area contributed by atoms with Crippen molar-refractivity contribution in [2.24, 2.45) is 4.99 Å². The summed E-state index contributed by atoms with van der Waals surface area (Å²) in [5.41, 5.74) is 0. The number of aryl methyl sites for hydroxylation is 1. The highest BCUT2D eigenvalue weighted by molar-refractivity contribution is 5.80. The molecule has 0 spiro atoms. The van der Waals surface area contributed by atoms with Crippen molar-refractivity contribution in [2.75, 3.05) is 32.7 Å². The molecule has 0 unspecified atom stereocenters. The summed E-state index contributed by atoms with van der Waals surface area (Å²) in [7, 11) is 0. The maximum atomic E-state index is 4.71. The molecule has 0 atom stereocenters. The SMILES string of the molecule is C=CCN1CCC(NC(=NCCCCn2cnnc2)NCC)CC1. The van der Waals surface area contributed by atoms with E-state index in [2.05, 4.69) is 39.2 Å². The smallest absolute Gasteiger partial charge is 0.191 e. The van der Waals surface area contributed by atoms with E-state index in [9.17, 15) is 0 Å². The summed E-state index contributed by atoms with van der Waals surface area (Å²) in [4.78, 5) is 7.15. The first kappa shape index (κ1) is 18.4. The highest BCUT2D eigenvalue weighted by Gasteiger charge is 2.18. The van der Waals surface area contributed by atoms with E-state index in [1.165, 1.54) is 0 Å². The molecular formula is C17H31N7. The Labute approximate surface area is 145 Å². The lowest BCUT2D eigenvalue weighted by molar-refractivity contribution is 0.225. The number of hydrogen-bond donors (Lipinski definition) is 2. The Balaban J connectivity index is 1.67. The molecule has 24 heavy (non-hydrogen) atoms. The molecule has 1 aliphatic rings. The van der Waals surface area contributed by atoms with E-state index in [4.69, 9.17) is 4.99 Å². The van der Waals surface area contributed by atoms with Gasteiger partial charge in [-0.3, -0.25) is 9.89 Å². The minimum absolute atomic E-state index is 0.515. The quantitative estimate of drug-likeness (QED) is 0.308. The van der Waals surface area contributed by atoms with Gasteiger partial charge in [0.2, 0.25) is 0 Å². The third kappa shape index (κ3) is 6.70. The van der Waals surface area contributed by atoms with Gasteiger partial charge in [0.05, 0.1) is 0 Å². The number of unbranched alkanes of at least 4 members (excludes halogenated alkanes) is 1. The first-order valence-electron chi connectivity index (χ1n) is 9.02. The van der Waals surface area contributed by atoms with Crippen molar-refractivity contribution in [1.82, 2.24) is 30.3 Å². The molecule has 0 aromatic carbocycles. The summed E-state index contributed by atoms with van der Waals surface area (Å²) in [6.45, 7) is 11.9. The molecule has 1 aromatic rings. The van der Waals surface area contributed by atoms with Gasteiger partial charge in [0.15, 0.2) is 5.96 Å². The monoisotopic (exact) mass is 333 g/mol. The minimum atomic E-state index is 0.515. The van der Waals surface area contributed by atoms with Crippen molar-refractivity contribution in [1.29, 1.82) is 0 Å². The van der Waals surface area contributed by atoms with Crippen LogP contribution in [0.2, 0.25) is 0 Å². The molecule has 1 aromatic heterocycles. The number of nitrogens with zero attached hydrogens (tertiary/aromatic N) is 5. The Kier molecular flexibility index (Phi) is 8.31. The van der Waals surface area contributed by atoms with Gasteiger partial charge in [-0.15, -0.1) is 16.8 Å². The first-order chi connectivity index (χ1) is 11.8. The average Bonchev–Trinajstić information content (AvgIpc) is 3.10. The topological polar surface area (TPSA) is 70.4 Å². The van der Waals surface area contributed by atoms with Crippen molar-refractivity contribution in [2.45, 2.75) is 45.2 Å². The summed E-state index contributed by atoms with van der Waals surface area (Å²) in [6, 6.07) is 0.515. The Morgan fingerprint density at radius 2 is 2.04 bits per heavy atom. The molecule has 1 saturated heterocycles. The number of hydrogen-bond acceptors (Lipinski definition) is 4. The Morgan fingerprint density at radius 1 is 1.29 bits per heavy atom. The Morgan fingerprint density at radius 3 is 2.71 bits per heavy atom. The third-order valence-corrected chi connectivity index (χ3v) is 4.22. The van der Waals surface area contributed by atoms with Crippen molar-refractivity contribution < 1.29 is 0 Å². The maximum Gasteiger partial charge on any atom is 0.191 e. The predicted octanol–water partition coefficient (Wildman–Crippen LogP) is 1.26. The van der Waals surface area contributed by atoms with Crippen LogP contribution in [0.1, 0.15) is 32.6 Å². The van der Waals surface area contributed by atoms with Crippen LogP contribution in [0.15, 0.2) is 30.3 Å². The van der Waals surface area contributed by atoms with Crippen molar-refractivity contribution in [3.63, 3.8) is 0 Å². The van der Waals surface area contributed by atoms with Gasteiger partial charge in [-0.2, -0.15) is 0 Å². The lowest BCUT2D eigenvalue weighted by Crippen LogP contribution is -2.48. The number of likely N-dealkylation sites (tertiary alicyclic amines) is 1. The summed E-state index contributed by atoms with van der Waals surface area (Å²) in [5, 5.41) is 14.6. The molecule has 2 N–H and O–H groups in total. The zero-order valence-corrected chi connectivity index (χ0v) is 14.8. The van der Waals surface area contributed by atoms with Crippen molar-refractivity contribution in [3.8, 4) is 0 Å². The van der Waals surface area contributed by atoms with Gasteiger partial charge < -0.3 is 15.2 Å². The van der Waals surface area contributed by atoms with Gasteiger partial charge in [0, 0.05) is 45.3 Å². The standard InChI is InChI=1S/C17H31N7/c1-3-10-23-12-7-16(8-13-23)22-17(18-4-2)19-9-5-6-11-24-14-20-21-15-24/h3,14-16H,1,4-13H2,2H3,(H2,18,19,22). The van der Waals surface area contributed by atoms with E-state index in [1.807, 2.05) is 10.6 Å². The second-order valence-electron chi connectivity index (χ2n) is 6.18. The van der Waals surface area contributed by atoms with Gasteiger partial charge in [0.1, 0.15) is 12.7 Å². The summed E-state index contributed by atoms with van der Waals surface area (Å²) in [5.74, 6) is 0.948. The van der Waals surface area contributed by atoms with Crippen molar-refractivity contribution >= 4 is 5.96 Å². The fourth-order valence-corrected chi connectivity index (χ4v) is 2.89. The van der Waals surface area contributed by atoms with Crippen LogP contribution < -0.4 is 10.6 Å². The van der Waals surface area contributed by atoms with Crippen LogP contribution in [-0.4, -0.2) is 64.4 Å². The second-order valence-corrected chi connectivity index (χ2v) is 6.18. The molecule has 0 radical (unpaired) electrons. The molecule has 7 heteroatoms. The van der Waals surface area contributed by atoms with Crippen LogP contribution in [0.3, 0.4) is 0 Å².